The number of aromatic nitrogens is 2. The molecule has 2 atom stereocenters. The van der Waals surface area contributed by atoms with Crippen LogP contribution >= 0.6 is 23.5 Å². The van der Waals surface area contributed by atoms with Crippen molar-refractivity contribution in [3.05, 3.63) is 46.4 Å². The minimum Gasteiger partial charge on any atom is -0.468 e. The highest BCUT2D eigenvalue weighted by molar-refractivity contribution is 8.00. The van der Waals surface area contributed by atoms with Crippen LogP contribution in [0.4, 0.5) is 0 Å². The summed E-state index contributed by atoms with van der Waals surface area (Å²) in [6.07, 6.45) is 0.769. The van der Waals surface area contributed by atoms with Crippen molar-refractivity contribution in [2.45, 2.75) is 40.8 Å². The summed E-state index contributed by atoms with van der Waals surface area (Å²) in [6, 6.07) is 9.39. The Balaban J connectivity index is 2.13. The van der Waals surface area contributed by atoms with Gasteiger partial charge in [0.15, 0.2) is 5.16 Å². The third kappa shape index (κ3) is 3.23. The van der Waals surface area contributed by atoms with E-state index < -0.39 is 5.25 Å². The third-order valence-electron chi connectivity index (χ3n) is 3.71. The summed E-state index contributed by atoms with van der Waals surface area (Å²) < 4.78 is 6.38. The van der Waals surface area contributed by atoms with Gasteiger partial charge in [-0.15, -0.1) is 11.8 Å². The molecule has 3 rings (SSSR count). The fraction of sp³-hybridized carbons (Fsp3) is 0.353. The molecule has 5 nitrogen and oxygen atoms in total. The smallest absolute Gasteiger partial charge is 0.318 e. The highest BCUT2D eigenvalue weighted by atomic mass is 32.2. The molecule has 2 aromatic rings. The number of carbonyl (C=O) groups is 1. The molecule has 0 fully saturated rings. The van der Waals surface area contributed by atoms with Gasteiger partial charge in [0.05, 0.1) is 23.4 Å². The predicted octanol–water partition coefficient (Wildman–Crippen LogP) is 2.92. The lowest BCUT2D eigenvalue weighted by Crippen LogP contribution is -2.25. The minimum absolute atomic E-state index is 0.0693. The normalized spacial score (nSPS) is 17.4. The van der Waals surface area contributed by atoms with Gasteiger partial charge in [0.1, 0.15) is 5.25 Å². The fourth-order valence-corrected chi connectivity index (χ4v) is 4.62. The molecule has 1 aromatic heterocycles. The zero-order valence-electron chi connectivity index (χ0n) is 13.7. The van der Waals surface area contributed by atoms with Crippen molar-refractivity contribution < 1.29 is 9.53 Å². The molecule has 1 aliphatic heterocycles. The zero-order chi connectivity index (χ0) is 17.3. The maximum Gasteiger partial charge on any atom is 0.318 e. The summed E-state index contributed by atoms with van der Waals surface area (Å²) in [5.74, 6) is -0.336. The van der Waals surface area contributed by atoms with Crippen molar-refractivity contribution in [3.8, 4) is 5.69 Å². The molecular weight excluding hydrogens is 344 g/mol. The Morgan fingerprint density at radius 3 is 2.79 bits per heavy atom. The van der Waals surface area contributed by atoms with Gasteiger partial charge in [-0.25, -0.2) is 4.98 Å². The molecule has 2 unspecified atom stereocenters. The lowest BCUT2D eigenvalue weighted by atomic mass is 10.2. The van der Waals surface area contributed by atoms with Crippen molar-refractivity contribution in [2.24, 2.45) is 0 Å². The molecule has 0 bridgehead atoms. The standard InChI is InChI=1S/C17H18N2O3S2/c1-10-9-13-14(23-10)15(20)19(12-7-5-4-6-8-12)17(18-13)24-11(2)16(21)22-3/h4-8,10-11H,9H2,1-3H3. The minimum atomic E-state index is -0.443. The molecular formula is C17H18N2O3S2. The Bertz CT molecular complexity index is 821. The number of fused-ring (bicyclic) bond motifs is 1. The second-order valence-electron chi connectivity index (χ2n) is 5.56. The van der Waals surface area contributed by atoms with Gasteiger partial charge in [-0.2, -0.15) is 0 Å². The summed E-state index contributed by atoms with van der Waals surface area (Å²) in [5, 5.41) is 0.418. The lowest BCUT2D eigenvalue weighted by Gasteiger charge is -2.15. The van der Waals surface area contributed by atoms with E-state index in [-0.39, 0.29) is 11.5 Å². The lowest BCUT2D eigenvalue weighted by molar-refractivity contribution is -0.139. The van der Waals surface area contributed by atoms with Gasteiger partial charge in [-0.3, -0.25) is 14.2 Å². The largest absolute Gasteiger partial charge is 0.468 e. The van der Waals surface area contributed by atoms with Crippen LogP contribution in [0, 0.1) is 0 Å². The molecule has 126 valence electrons. The Labute approximate surface area is 148 Å². The van der Waals surface area contributed by atoms with E-state index in [4.69, 9.17) is 9.72 Å². The topological polar surface area (TPSA) is 61.2 Å². The van der Waals surface area contributed by atoms with Crippen LogP contribution in [0.3, 0.4) is 0 Å². The number of ether oxygens (including phenoxy) is 1. The number of hydrogen-bond acceptors (Lipinski definition) is 6. The quantitative estimate of drug-likeness (QED) is 0.473. The number of methoxy groups -OCH3 is 1. The average molecular weight is 362 g/mol. The van der Waals surface area contributed by atoms with Crippen LogP contribution in [0.2, 0.25) is 0 Å². The van der Waals surface area contributed by atoms with Crippen LogP contribution in [-0.2, 0) is 16.0 Å². The SMILES string of the molecule is COC(=O)C(C)Sc1nc2c(c(=O)n1-c1ccccc1)SC(C)C2. The van der Waals surface area contributed by atoms with Crippen LogP contribution in [0.15, 0.2) is 45.2 Å². The first-order valence-corrected chi connectivity index (χ1v) is 9.39. The molecule has 0 radical (unpaired) electrons. The van der Waals surface area contributed by atoms with Gasteiger partial charge in [0.25, 0.3) is 5.56 Å². The molecule has 0 amide bonds. The summed E-state index contributed by atoms with van der Waals surface area (Å²) in [7, 11) is 1.36. The van der Waals surface area contributed by atoms with Crippen LogP contribution in [0.25, 0.3) is 5.69 Å². The number of carbonyl (C=O) groups excluding carboxylic acids is 1. The van der Waals surface area contributed by atoms with E-state index in [1.165, 1.54) is 18.9 Å². The van der Waals surface area contributed by atoms with E-state index in [0.29, 0.717) is 15.3 Å². The molecule has 2 heterocycles. The molecule has 7 heteroatoms. The number of nitrogens with zero attached hydrogens (tertiary/aromatic N) is 2. The molecule has 0 saturated heterocycles. The average Bonchev–Trinajstić information content (AvgIpc) is 2.95. The number of benzene rings is 1. The summed E-state index contributed by atoms with van der Waals surface area (Å²) >= 11 is 2.82. The Morgan fingerprint density at radius 2 is 2.12 bits per heavy atom. The monoisotopic (exact) mass is 362 g/mol. The van der Waals surface area contributed by atoms with Crippen LogP contribution in [-0.4, -0.2) is 33.1 Å². The fourth-order valence-electron chi connectivity index (χ4n) is 2.56. The van der Waals surface area contributed by atoms with E-state index in [1.807, 2.05) is 30.3 Å². The summed E-state index contributed by atoms with van der Waals surface area (Å²) in [6.45, 7) is 3.84. The number of thioether (sulfide) groups is 2. The summed E-state index contributed by atoms with van der Waals surface area (Å²) in [4.78, 5) is 30.2. The second-order valence-corrected chi connectivity index (χ2v) is 8.32. The first kappa shape index (κ1) is 17.1. The van der Waals surface area contributed by atoms with Crippen molar-refractivity contribution in [1.29, 1.82) is 0 Å². The Kier molecular flexibility index (Phi) is 5.01. The van der Waals surface area contributed by atoms with Gasteiger partial charge >= 0.3 is 5.97 Å². The van der Waals surface area contributed by atoms with E-state index in [9.17, 15) is 9.59 Å². The molecule has 0 spiro atoms. The van der Waals surface area contributed by atoms with Gasteiger partial charge in [-0.1, -0.05) is 36.9 Å². The maximum atomic E-state index is 13.0. The van der Waals surface area contributed by atoms with Gasteiger partial charge in [-0.05, 0) is 19.1 Å². The molecule has 0 N–H and O–H groups in total. The second kappa shape index (κ2) is 7.03. The van der Waals surface area contributed by atoms with Gasteiger partial charge in [0, 0.05) is 11.7 Å². The summed E-state index contributed by atoms with van der Waals surface area (Å²) in [5.41, 5.74) is 1.50. The van der Waals surface area contributed by atoms with E-state index in [0.717, 1.165) is 17.8 Å². The molecule has 1 aliphatic rings. The number of rotatable bonds is 4. The van der Waals surface area contributed by atoms with Gasteiger partial charge < -0.3 is 4.74 Å². The number of hydrogen-bond donors (Lipinski definition) is 0. The van der Waals surface area contributed by atoms with E-state index in [1.54, 1.807) is 23.3 Å². The predicted molar refractivity (Wildman–Crippen MR) is 96.2 cm³/mol. The number of para-hydroxylation sites is 1. The van der Waals surface area contributed by atoms with E-state index >= 15 is 0 Å². The van der Waals surface area contributed by atoms with Crippen LogP contribution in [0.1, 0.15) is 19.5 Å². The Morgan fingerprint density at radius 1 is 1.42 bits per heavy atom. The molecule has 1 aromatic carbocycles. The zero-order valence-corrected chi connectivity index (χ0v) is 15.3. The van der Waals surface area contributed by atoms with Crippen molar-refractivity contribution >= 4 is 29.5 Å². The van der Waals surface area contributed by atoms with Crippen molar-refractivity contribution in [3.63, 3.8) is 0 Å². The number of esters is 1. The van der Waals surface area contributed by atoms with Crippen LogP contribution in [0.5, 0.6) is 0 Å². The highest BCUT2D eigenvalue weighted by Gasteiger charge is 2.28. The highest BCUT2D eigenvalue weighted by Crippen LogP contribution is 2.35. The molecule has 24 heavy (non-hydrogen) atoms. The van der Waals surface area contributed by atoms with E-state index in [2.05, 4.69) is 6.92 Å². The van der Waals surface area contributed by atoms with Crippen molar-refractivity contribution in [1.82, 2.24) is 9.55 Å². The molecule has 0 saturated carbocycles. The Hall–Kier alpha value is -1.73. The van der Waals surface area contributed by atoms with Crippen LogP contribution < -0.4 is 5.56 Å². The third-order valence-corrected chi connectivity index (χ3v) is 5.96. The first-order chi connectivity index (χ1) is 11.5. The first-order valence-electron chi connectivity index (χ1n) is 7.63. The molecule has 0 aliphatic carbocycles. The maximum absolute atomic E-state index is 13.0. The van der Waals surface area contributed by atoms with Crippen molar-refractivity contribution in [2.75, 3.05) is 7.11 Å². The van der Waals surface area contributed by atoms with Gasteiger partial charge in [0.2, 0.25) is 0 Å².